The molecule has 1 saturated heterocycles. The molecule has 1 atom stereocenters. The van der Waals surface area contributed by atoms with Crippen LogP contribution in [0.3, 0.4) is 0 Å². The molecule has 4 heteroatoms. The minimum atomic E-state index is 0.549. The van der Waals surface area contributed by atoms with E-state index in [9.17, 15) is 0 Å². The summed E-state index contributed by atoms with van der Waals surface area (Å²) < 4.78 is 0. The second-order valence-corrected chi connectivity index (χ2v) is 6.33. The van der Waals surface area contributed by atoms with Crippen LogP contribution in [-0.4, -0.2) is 34.1 Å². The molecule has 2 heterocycles. The third-order valence-electron chi connectivity index (χ3n) is 3.81. The number of hydrogen-bond acceptors (Lipinski definition) is 4. The fraction of sp³-hybridized carbons (Fsp3) is 0.467. The molecule has 1 aliphatic heterocycles. The molecule has 3 rings (SSSR count). The van der Waals surface area contributed by atoms with E-state index in [1.807, 2.05) is 11.8 Å². The van der Waals surface area contributed by atoms with E-state index >= 15 is 0 Å². The highest BCUT2D eigenvalue weighted by Crippen LogP contribution is 2.29. The standard InChI is InChI=1S/C15H19N3S/c1-11-4-3-5-13-14(11)15(17-10-16-13)18-7-9-19-8-6-12(18)2/h3-5,10,12H,6-9H2,1-2H3. The number of thioether (sulfide) groups is 1. The third kappa shape index (κ3) is 2.41. The Morgan fingerprint density at radius 2 is 2.16 bits per heavy atom. The Hall–Kier alpha value is -1.29. The highest BCUT2D eigenvalue weighted by Gasteiger charge is 2.21. The highest BCUT2D eigenvalue weighted by atomic mass is 32.2. The molecule has 1 aliphatic rings. The molecule has 0 N–H and O–H groups in total. The van der Waals surface area contributed by atoms with E-state index in [0.717, 1.165) is 17.9 Å². The molecule has 1 aromatic heterocycles. The summed E-state index contributed by atoms with van der Waals surface area (Å²) in [6, 6.07) is 6.83. The first-order valence-electron chi connectivity index (χ1n) is 6.82. The summed E-state index contributed by atoms with van der Waals surface area (Å²) in [5.41, 5.74) is 2.31. The zero-order valence-corrected chi connectivity index (χ0v) is 12.3. The number of anilines is 1. The second kappa shape index (κ2) is 5.37. The molecule has 0 saturated carbocycles. The minimum Gasteiger partial charge on any atom is -0.352 e. The largest absolute Gasteiger partial charge is 0.352 e. The molecule has 100 valence electrons. The molecule has 0 radical (unpaired) electrons. The van der Waals surface area contributed by atoms with E-state index in [1.54, 1.807) is 6.33 Å². The number of aromatic nitrogens is 2. The smallest absolute Gasteiger partial charge is 0.140 e. The normalized spacial score (nSPS) is 20.5. The number of aryl methyl sites for hydroxylation is 1. The predicted molar refractivity (Wildman–Crippen MR) is 83.0 cm³/mol. The van der Waals surface area contributed by atoms with Gasteiger partial charge < -0.3 is 4.90 Å². The molecule has 1 unspecified atom stereocenters. The maximum Gasteiger partial charge on any atom is 0.140 e. The van der Waals surface area contributed by atoms with Crippen LogP contribution in [0, 0.1) is 6.92 Å². The van der Waals surface area contributed by atoms with Crippen molar-refractivity contribution in [3.8, 4) is 0 Å². The first kappa shape index (κ1) is 12.7. The molecule has 0 spiro atoms. The van der Waals surface area contributed by atoms with Crippen molar-refractivity contribution >= 4 is 28.5 Å². The fourth-order valence-corrected chi connectivity index (χ4v) is 3.73. The number of hydrogen-bond donors (Lipinski definition) is 0. The van der Waals surface area contributed by atoms with Gasteiger partial charge in [-0.3, -0.25) is 0 Å². The molecule has 0 aliphatic carbocycles. The van der Waals surface area contributed by atoms with Gasteiger partial charge in [0.2, 0.25) is 0 Å². The average molecular weight is 273 g/mol. The predicted octanol–water partition coefficient (Wildman–Crippen LogP) is 3.27. The Bertz CT molecular complexity index is 579. The van der Waals surface area contributed by atoms with E-state index in [1.165, 1.54) is 28.9 Å². The van der Waals surface area contributed by atoms with Crippen LogP contribution in [0.5, 0.6) is 0 Å². The van der Waals surface area contributed by atoms with Crippen LogP contribution in [-0.2, 0) is 0 Å². The van der Waals surface area contributed by atoms with Gasteiger partial charge in [0.1, 0.15) is 12.1 Å². The van der Waals surface area contributed by atoms with E-state index < -0.39 is 0 Å². The number of nitrogens with zero attached hydrogens (tertiary/aromatic N) is 3. The van der Waals surface area contributed by atoms with E-state index in [0.29, 0.717) is 6.04 Å². The average Bonchev–Trinajstić information content (AvgIpc) is 2.63. The van der Waals surface area contributed by atoms with E-state index in [2.05, 4.69) is 46.9 Å². The number of fused-ring (bicyclic) bond motifs is 1. The van der Waals surface area contributed by atoms with Crippen LogP contribution in [0.4, 0.5) is 5.82 Å². The summed E-state index contributed by atoms with van der Waals surface area (Å²) in [4.78, 5) is 11.4. The van der Waals surface area contributed by atoms with Crippen LogP contribution in [0.1, 0.15) is 18.9 Å². The lowest BCUT2D eigenvalue weighted by atomic mass is 10.1. The van der Waals surface area contributed by atoms with Crippen molar-refractivity contribution in [1.82, 2.24) is 9.97 Å². The lowest BCUT2D eigenvalue weighted by Gasteiger charge is -2.29. The molecule has 0 amide bonds. The third-order valence-corrected chi connectivity index (χ3v) is 4.81. The second-order valence-electron chi connectivity index (χ2n) is 5.11. The van der Waals surface area contributed by atoms with Crippen LogP contribution in [0.2, 0.25) is 0 Å². The van der Waals surface area contributed by atoms with Crippen LogP contribution in [0.25, 0.3) is 10.9 Å². The van der Waals surface area contributed by atoms with Crippen molar-refractivity contribution in [2.75, 3.05) is 23.0 Å². The molecule has 1 fully saturated rings. The lowest BCUT2D eigenvalue weighted by Crippen LogP contribution is -2.34. The first-order chi connectivity index (χ1) is 9.27. The van der Waals surface area contributed by atoms with Gasteiger partial charge in [0.15, 0.2) is 0 Å². The minimum absolute atomic E-state index is 0.549. The van der Waals surface area contributed by atoms with Gasteiger partial charge in [-0.05, 0) is 37.7 Å². The molecular weight excluding hydrogens is 254 g/mol. The lowest BCUT2D eigenvalue weighted by molar-refractivity contribution is 0.640. The van der Waals surface area contributed by atoms with Gasteiger partial charge in [0.05, 0.1) is 5.52 Å². The van der Waals surface area contributed by atoms with Crippen molar-refractivity contribution in [1.29, 1.82) is 0 Å². The van der Waals surface area contributed by atoms with Gasteiger partial charge in [-0.25, -0.2) is 9.97 Å². The summed E-state index contributed by atoms with van der Waals surface area (Å²) in [6.45, 7) is 5.52. The van der Waals surface area contributed by atoms with Crippen LogP contribution < -0.4 is 4.90 Å². The summed E-state index contributed by atoms with van der Waals surface area (Å²) in [5, 5.41) is 1.21. The molecule has 0 bridgehead atoms. The molecule has 3 nitrogen and oxygen atoms in total. The Balaban J connectivity index is 2.13. The topological polar surface area (TPSA) is 29.0 Å². The van der Waals surface area contributed by atoms with E-state index in [4.69, 9.17) is 0 Å². The Morgan fingerprint density at radius 1 is 1.26 bits per heavy atom. The quantitative estimate of drug-likeness (QED) is 0.797. The van der Waals surface area contributed by atoms with Crippen LogP contribution in [0.15, 0.2) is 24.5 Å². The monoisotopic (exact) mass is 273 g/mol. The van der Waals surface area contributed by atoms with Crippen molar-refractivity contribution in [2.24, 2.45) is 0 Å². The fourth-order valence-electron chi connectivity index (χ4n) is 2.69. The summed E-state index contributed by atoms with van der Waals surface area (Å²) in [7, 11) is 0. The van der Waals surface area contributed by atoms with Crippen LogP contribution >= 0.6 is 11.8 Å². The van der Waals surface area contributed by atoms with Gasteiger partial charge in [-0.15, -0.1) is 0 Å². The summed E-state index contributed by atoms with van der Waals surface area (Å²) >= 11 is 2.04. The van der Waals surface area contributed by atoms with Crippen molar-refractivity contribution in [2.45, 2.75) is 26.3 Å². The van der Waals surface area contributed by atoms with Gasteiger partial charge >= 0.3 is 0 Å². The SMILES string of the molecule is Cc1cccc2ncnc(N3CCSCCC3C)c12. The maximum atomic E-state index is 4.59. The van der Waals surface area contributed by atoms with Crippen molar-refractivity contribution < 1.29 is 0 Å². The zero-order chi connectivity index (χ0) is 13.2. The Labute approximate surface area is 118 Å². The molecule has 1 aromatic carbocycles. The summed E-state index contributed by atoms with van der Waals surface area (Å²) in [6.07, 6.45) is 2.92. The summed E-state index contributed by atoms with van der Waals surface area (Å²) in [5.74, 6) is 3.54. The van der Waals surface area contributed by atoms with Gasteiger partial charge in [0, 0.05) is 23.7 Å². The number of benzene rings is 1. The van der Waals surface area contributed by atoms with Gasteiger partial charge in [-0.1, -0.05) is 12.1 Å². The molecule has 19 heavy (non-hydrogen) atoms. The highest BCUT2D eigenvalue weighted by molar-refractivity contribution is 7.99. The maximum absolute atomic E-state index is 4.59. The first-order valence-corrected chi connectivity index (χ1v) is 7.97. The van der Waals surface area contributed by atoms with Gasteiger partial charge in [-0.2, -0.15) is 11.8 Å². The van der Waals surface area contributed by atoms with Gasteiger partial charge in [0.25, 0.3) is 0 Å². The van der Waals surface area contributed by atoms with Crippen molar-refractivity contribution in [3.05, 3.63) is 30.1 Å². The number of rotatable bonds is 1. The molecule has 2 aromatic rings. The Morgan fingerprint density at radius 3 is 3.05 bits per heavy atom. The Kier molecular flexibility index (Phi) is 3.60. The molecular formula is C15H19N3S. The zero-order valence-electron chi connectivity index (χ0n) is 11.5. The van der Waals surface area contributed by atoms with Crippen molar-refractivity contribution in [3.63, 3.8) is 0 Å². The van der Waals surface area contributed by atoms with E-state index in [-0.39, 0.29) is 0 Å².